The molecule has 0 amide bonds. The number of methoxy groups -OCH3 is 1. The van der Waals surface area contributed by atoms with Gasteiger partial charge in [0.2, 0.25) is 0 Å². The van der Waals surface area contributed by atoms with Crippen LogP contribution in [0.25, 0.3) is 0 Å². The molecule has 0 aromatic rings. The van der Waals surface area contributed by atoms with Crippen molar-refractivity contribution >= 4 is 5.84 Å². The molecule has 0 aliphatic heterocycles. The molecular formula is C12H25N3O. The van der Waals surface area contributed by atoms with Crippen LogP contribution in [0.4, 0.5) is 0 Å². The molecule has 0 atom stereocenters. The Labute approximate surface area is 98.6 Å². The van der Waals surface area contributed by atoms with E-state index in [0.717, 1.165) is 25.6 Å². The zero-order valence-corrected chi connectivity index (χ0v) is 10.8. The smallest absolute Gasteiger partial charge is 0.0918 e. The van der Waals surface area contributed by atoms with Crippen LogP contribution in [0.5, 0.6) is 0 Å². The Hall–Kier alpha value is -0.610. The van der Waals surface area contributed by atoms with Crippen molar-refractivity contribution in [3.05, 3.63) is 0 Å². The van der Waals surface area contributed by atoms with E-state index in [4.69, 9.17) is 15.9 Å². The van der Waals surface area contributed by atoms with Crippen molar-refractivity contribution < 1.29 is 4.74 Å². The van der Waals surface area contributed by atoms with Crippen molar-refractivity contribution in [2.24, 2.45) is 5.73 Å². The molecule has 94 valence electrons. The minimum Gasteiger partial charge on any atom is -0.388 e. The van der Waals surface area contributed by atoms with Gasteiger partial charge in [-0.15, -0.1) is 0 Å². The van der Waals surface area contributed by atoms with E-state index in [-0.39, 0.29) is 11.4 Å². The molecule has 16 heavy (non-hydrogen) atoms. The molecular weight excluding hydrogens is 202 g/mol. The molecule has 0 aromatic heterocycles. The van der Waals surface area contributed by atoms with E-state index in [2.05, 4.69) is 18.7 Å². The van der Waals surface area contributed by atoms with Gasteiger partial charge in [-0.25, -0.2) is 0 Å². The van der Waals surface area contributed by atoms with Gasteiger partial charge >= 0.3 is 0 Å². The first kappa shape index (κ1) is 13.5. The minimum absolute atomic E-state index is 0.0522. The van der Waals surface area contributed by atoms with Crippen LogP contribution < -0.4 is 5.73 Å². The average molecular weight is 227 g/mol. The molecule has 1 saturated carbocycles. The van der Waals surface area contributed by atoms with Gasteiger partial charge in [-0.3, -0.25) is 10.3 Å². The Bertz CT molecular complexity index is 236. The van der Waals surface area contributed by atoms with Crippen molar-refractivity contribution in [2.45, 2.75) is 51.2 Å². The van der Waals surface area contributed by atoms with Crippen molar-refractivity contribution in [1.82, 2.24) is 4.90 Å². The van der Waals surface area contributed by atoms with Crippen LogP contribution in [0.15, 0.2) is 0 Å². The summed E-state index contributed by atoms with van der Waals surface area (Å²) < 4.78 is 5.42. The van der Waals surface area contributed by atoms with E-state index in [1.54, 1.807) is 7.11 Å². The summed E-state index contributed by atoms with van der Waals surface area (Å²) in [6, 6.07) is 0.729. The highest BCUT2D eigenvalue weighted by atomic mass is 16.5. The summed E-state index contributed by atoms with van der Waals surface area (Å²) in [6.45, 7) is 6.19. The standard InChI is InChI=1S/C12H25N3O/c1-12(2,16-3)7-9-15(10-4-5-10)8-6-11(13)14/h10H,4-9H2,1-3H3,(H3,13,14). The highest BCUT2D eigenvalue weighted by Gasteiger charge is 2.29. The fourth-order valence-electron chi connectivity index (χ4n) is 1.70. The van der Waals surface area contributed by atoms with Gasteiger partial charge in [0.15, 0.2) is 0 Å². The third kappa shape index (κ3) is 4.94. The summed E-state index contributed by atoms with van der Waals surface area (Å²) >= 11 is 0. The fourth-order valence-corrected chi connectivity index (χ4v) is 1.70. The van der Waals surface area contributed by atoms with Crippen molar-refractivity contribution in [3.63, 3.8) is 0 Å². The number of nitrogens with two attached hydrogens (primary N) is 1. The van der Waals surface area contributed by atoms with E-state index in [0.29, 0.717) is 6.42 Å². The van der Waals surface area contributed by atoms with Crippen molar-refractivity contribution in [2.75, 3.05) is 20.2 Å². The van der Waals surface area contributed by atoms with Gasteiger partial charge in [0.25, 0.3) is 0 Å². The maximum atomic E-state index is 7.27. The van der Waals surface area contributed by atoms with Gasteiger partial charge in [-0.05, 0) is 33.1 Å². The fraction of sp³-hybridized carbons (Fsp3) is 0.917. The zero-order chi connectivity index (χ0) is 12.2. The van der Waals surface area contributed by atoms with E-state index in [1.165, 1.54) is 12.8 Å². The Morgan fingerprint density at radius 3 is 2.50 bits per heavy atom. The third-order valence-electron chi connectivity index (χ3n) is 3.29. The first-order chi connectivity index (χ1) is 7.44. The Kier molecular flexibility index (Phi) is 4.74. The molecule has 1 aliphatic rings. The summed E-state index contributed by atoms with van der Waals surface area (Å²) in [6.07, 6.45) is 4.30. The number of hydrogen-bond donors (Lipinski definition) is 2. The second kappa shape index (κ2) is 5.64. The van der Waals surface area contributed by atoms with Gasteiger partial charge in [-0.1, -0.05) is 0 Å². The summed E-state index contributed by atoms with van der Waals surface area (Å²) in [7, 11) is 1.76. The lowest BCUT2D eigenvalue weighted by Crippen LogP contribution is -2.35. The van der Waals surface area contributed by atoms with Gasteiger partial charge in [0, 0.05) is 32.7 Å². The molecule has 4 heteroatoms. The first-order valence-electron chi connectivity index (χ1n) is 6.07. The second-order valence-corrected chi connectivity index (χ2v) is 5.26. The van der Waals surface area contributed by atoms with Crippen LogP contribution in [0.3, 0.4) is 0 Å². The van der Waals surface area contributed by atoms with Crippen LogP contribution in [-0.4, -0.2) is 42.6 Å². The molecule has 0 radical (unpaired) electrons. The van der Waals surface area contributed by atoms with Gasteiger partial charge < -0.3 is 10.5 Å². The van der Waals surface area contributed by atoms with Gasteiger partial charge in [-0.2, -0.15) is 0 Å². The Morgan fingerprint density at radius 2 is 2.06 bits per heavy atom. The van der Waals surface area contributed by atoms with Crippen molar-refractivity contribution in [1.29, 1.82) is 5.41 Å². The maximum Gasteiger partial charge on any atom is 0.0918 e. The van der Waals surface area contributed by atoms with Crippen LogP contribution >= 0.6 is 0 Å². The van der Waals surface area contributed by atoms with Crippen LogP contribution in [0.1, 0.15) is 39.5 Å². The van der Waals surface area contributed by atoms with E-state index in [9.17, 15) is 0 Å². The average Bonchev–Trinajstić information content (AvgIpc) is 3.01. The van der Waals surface area contributed by atoms with E-state index < -0.39 is 0 Å². The normalized spacial score (nSPS) is 16.8. The molecule has 1 rings (SSSR count). The zero-order valence-electron chi connectivity index (χ0n) is 10.8. The number of rotatable bonds is 8. The summed E-state index contributed by atoms with van der Waals surface area (Å²) in [5.41, 5.74) is 5.35. The van der Waals surface area contributed by atoms with Gasteiger partial charge in [0.05, 0.1) is 11.4 Å². The molecule has 1 aliphatic carbocycles. The first-order valence-corrected chi connectivity index (χ1v) is 6.07. The van der Waals surface area contributed by atoms with Crippen molar-refractivity contribution in [3.8, 4) is 0 Å². The molecule has 0 saturated heterocycles. The summed E-state index contributed by atoms with van der Waals surface area (Å²) in [5.74, 6) is 0.289. The summed E-state index contributed by atoms with van der Waals surface area (Å²) in [4.78, 5) is 2.45. The number of nitrogens with zero attached hydrogens (tertiary/aromatic N) is 1. The second-order valence-electron chi connectivity index (χ2n) is 5.26. The Balaban J connectivity index is 2.31. The molecule has 3 N–H and O–H groups in total. The predicted molar refractivity (Wildman–Crippen MR) is 66.8 cm³/mol. The molecule has 1 fully saturated rings. The van der Waals surface area contributed by atoms with E-state index >= 15 is 0 Å². The summed E-state index contributed by atoms with van der Waals surface area (Å²) in [5, 5.41) is 7.27. The van der Waals surface area contributed by atoms with E-state index in [1.807, 2.05) is 0 Å². The van der Waals surface area contributed by atoms with Gasteiger partial charge in [0.1, 0.15) is 0 Å². The number of ether oxygens (including phenoxy) is 1. The molecule has 0 aromatic carbocycles. The molecule has 0 bridgehead atoms. The SMILES string of the molecule is COC(C)(C)CCN(CCC(=N)N)C1CC1. The largest absolute Gasteiger partial charge is 0.388 e. The highest BCUT2D eigenvalue weighted by molar-refractivity contribution is 5.76. The predicted octanol–water partition coefficient (Wildman–Crippen LogP) is 1.59. The maximum absolute atomic E-state index is 7.27. The molecule has 0 heterocycles. The lowest BCUT2D eigenvalue weighted by molar-refractivity contribution is 0.00699. The number of amidine groups is 1. The number of nitrogens with one attached hydrogen (secondary N) is 1. The van der Waals surface area contributed by atoms with Crippen LogP contribution in [0, 0.1) is 5.41 Å². The molecule has 4 nitrogen and oxygen atoms in total. The molecule has 0 unspecified atom stereocenters. The lowest BCUT2D eigenvalue weighted by atomic mass is 10.0. The molecule has 0 spiro atoms. The van der Waals surface area contributed by atoms with Crippen LogP contribution in [-0.2, 0) is 4.74 Å². The topological polar surface area (TPSA) is 62.3 Å². The van der Waals surface area contributed by atoms with Crippen LogP contribution in [0.2, 0.25) is 0 Å². The lowest BCUT2D eigenvalue weighted by Gasteiger charge is -2.28. The Morgan fingerprint density at radius 1 is 1.44 bits per heavy atom. The monoisotopic (exact) mass is 227 g/mol. The minimum atomic E-state index is -0.0522. The quantitative estimate of drug-likeness (QED) is 0.489. The third-order valence-corrected chi connectivity index (χ3v) is 3.29. The number of hydrogen-bond acceptors (Lipinski definition) is 3. The highest BCUT2D eigenvalue weighted by Crippen LogP contribution is 2.28.